The highest BCUT2D eigenvalue weighted by atomic mass is 16.5. The van der Waals surface area contributed by atoms with Crippen molar-refractivity contribution < 1.29 is 18.9 Å². The molecule has 2 unspecified atom stereocenters. The topological polar surface area (TPSA) is 62.9 Å². The van der Waals surface area contributed by atoms with Crippen molar-refractivity contribution in [3.8, 4) is 11.5 Å². The molecule has 1 aromatic carbocycles. The van der Waals surface area contributed by atoms with Crippen molar-refractivity contribution in [2.24, 2.45) is 11.7 Å². The van der Waals surface area contributed by atoms with E-state index in [1.165, 1.54) is 0 Å². The SMILES string of the molecule is COc1ccc(C(N)COCC2CCOC2)cc1OC. The van der Waals surface area contributed by atoms with Gasteiger partial charge in [0.05, 0.1) is 40.1 Å². The summed E-state index contributed by atoms with van der Waals surface area (Å²) in [6.07, 6.45) is 1.07. The van der Waals surface area contributed by atoms with Gasteiger partial charge in [-0.1, -0.05) is 6.07 Å². The third-order valence-corrected chi connectivity index (χ3v) is 3.51. The molecule has 1 aromatic rings. The van der Waals surface area contributed by atoms with Gasteiger partial charge < -0.3 is 24.7 Å². The van der Waals surface area contributed by atoms with E-state index < -0.39 is 0 Å². The summed E-state index contributed by atoms with van der Waals surface area (Å²) in [6, 6.07) is 5.52. The first-order chi connectivity index (χ1) is 9.74. The molecule has 1 saturated heterocycles. The Balaban J connectivity index is 1.86. The molecule has 1 aliphatic heterocycles. The molecule has 0 aromatic heterocycles. The first-order valence-corrected chi connectivity index (χ1v) is 6.87. The number of rotatable bonds is 7. The van der Waals surface area contributed by atoms with E-state index in [0.717, 1.165) is 25.2 Å². The second kappa shape index (κ2) is 7.47. The van der Waals surface area contributed by atoms with Gasteiger partial charge in [0.2, 0.25) is 0 Å². The lowest BCUT2D eigenvalue weighted by Crippen LogP contribution is -2.20. The Bertz CT molecular complexity index is 418. The normalized spacial score (nSPS) is 19.9. The molecule has 20 heavy (non-hydrogen) atoms. The van der Waals surface area contributed by atoms with Crippen LogP contribution in [-0.4, -0.2) is 40.6 Å². The Labute approximate surface area is 120 Å². The van der Waals surface area contributed by atoms with Crippen molar-refractivity contribution in [3.63, 3.8) is 0 Å². The van der Waals surface area contributed by atoms with E-state index in [1.807, 2.05) is 18.2 Å². The summed E-state index contributed by atoms with van der Waals surface area (Å²) in [4.78, 5) is 0. The van der Waals surface area contributed by atoms with Crippen LogP contribution >= 0.6 is 0 Å². The van der Waals surface area contributed by atoms with Gasteiger partial charge in [0, 0.05) is 12.5 Å². The van der Waals surface area contributed by atoms with Crippen LogP contribution in [0.2, 0.25) is 0 Å². The quantitative estimate of drug-likeness (QED) is 0.825. The molecule has 0 bridgehead atoms. The number of methoxy groups -OCH3 is 2. The number of benzene rings is 1. The highest BCUT2D eigenvalue weighted by molar-refractivity contribution is 5.43. The zero-order valence-electron chi connectivity index (χ0n) is 12.1. The zero-order chi connectivity index (χ0) is 14.4. The summed E-state index contributed by atoms with van der Waals surface area (Å²) in [6.45, 7) is 2.84. The number of hydrogen-bond acceptors (Lipinski definition) is 5. The predicted octanol–water partition coefficient (Wildman–Crippen LogP) is 1.76. The molecule has 0 spiro atoms. The Morgan fingerprint density at radius 1 is 1.30 bits per heavy atom. The van der Waals surface area contributed by atoms with E-state index in [1.54, 1.807) is 14.2 Å². The number of nitrogens with two attached hydrogens (primary N) is 1. The van der Waals surface area contributed by atoms with Gasteiger partial charge in [-0.05, 0) is 24.1 Å². The van der Waals surface area contributed by atoms with Gasteiger partial charge in [0.15, 0.2) is 11.5 Å². The lowest BCUT2D eigenvalue weighted by atomic mass is 10.1. The van der Waals surface area contributed by atoms with Crippen LogP contribution < -0.4 is 15.2 Å². The van der Waals surface area contributed by atoms with Crippen LogP contribution in [0.15, 0.2) is 18.2 Å². The summed E-state index contributed by atoms with van der Waals surface area (Å²) >= 11 is 0. The fourth-order valence-corrected chi connectivity index (χ4v) is 2.26. The van der Waals surface area contributed by atoms with E-state index >= 15 is 0 Å². The summed E-state index contributed by atoms with van der Waals surface area (Å²) in [7, 11) is 3.23. The monoisotopic (exact) mass is 281 g/mol. The van der Waals surface area contributed by atoms with Crippen molar-refractivity contribution in [2.45, 2.75) is 12.5 Å². The van der Waals surface area contributed by atoms with Crippen molar-refractivity contribution in [3.05, 3.63) is 23.8 Å². The molecule has 2 atom stereocenters. The second-order valence-corrected chi connectivity index (χ2v) is 4.99. The van der Waals surface area contributed by atoms with Gasteiger partial charge in [-0.15, -0.1) is 0 Å². The highest BCUT2D eigenvalue weighted by Gasteiger charge is 2.17. The van der Waals surface area contributed by atoms with Gasteiger partial charge in [-0.2, -0.15) is 0 Å². The Hall–Kier alpha value is -1.30. The summed E-state index contributed by atoms with van der Waals surface area (Å²) in [5.74, 6) is 1.89. The fourth-order valence-electron chi connectivity index (χ4n) is 2.26. The van der Waals surface area contributed by atoms with Gasteiger partial charge in [-0.3, -0.25) is 0 Å². The first-order valence-electron chi connectivity index (χ1n) is 6.87. The lowest BCUT2D eigenvalue weighted by molar-refractivity contribution is 0.0808. The van der Waals surface area contributed by atoms with E-state index in [4.69, 9.17) is 24.7 Å². The van der Waals surface area contributed by atoms with Gasteiger partial charge in [0.25, 0.3) is 0 Å². The van der Waals surface area contributed by atoms with E-state index in [0.29, 0.717) is 30.6 Å². The molecule has 0 aliphatic carbocycles. The van der Waals surface area contributed by atoms with Crippen LogP contribution in [0.25, 0.3) is 0 Å². The molecular weight excluding hydrogens is 258 g/mol. The minimum Gasteiger partial charge on any atom is -0.493 e. The maximum absolute atomic E-state index is 6.14. The second-order valence-electron chi connectivity index (χ2n) is 4.99. The average molecular weight is 281 g/mol. The third-order valence-electron chi connectivity index (χ3n) is 3.51. The van der Waals surface area contributed by atoms with Crippen molar-refractivity contribution in [1.82, 2.24) is 0 Å². The minimum atomic E-state index is -0.169. The largest absolute Gasteiger partial charge is 0.493 e. The van der Waals surface area contributed by atoms with Crippen LogP contribution in [-0.2, 0) is 9.47 Å². The zero-order valence-corrected chi connectivity index (χ0v) is 12.1. The van der Waals surface area contributed by atoms with Gasteiger partial charge in [0.1, 0.15) is 0 Å². The van der Waals surface area contributed by atoms with Gasteiger partial charge in [-0.25, -0.2) is 0 Å². The van der Waals surface area contributed by atoms with Crippen molar-refractivity contribution in [2.75, 3.05) is 40.6 Å². The maximum Gasteiger partial charge on any atom is 0.161 e. The van der Waals surface area contributed by atoms with Crippen LogP contribution in [0.5, 0.6) is 11.5 Å². The molecule has 1 heterocycles. The maximum atomic E-state index is 6.14. The molecule has 5 nitrogen and oxygen atoms in total. The average Bonchev–Trinajstić information content (AvgIpc) is 2.99. The Morgan fingerprint density at radius 2 is 2.10 bits per heavy atom. The molecule has 5 heteroatoms. The summed E-state index contributed by atoms with van der Waals surface area (Å²) in [5.41, 5.74) is 7.12. The molecule has 0 amide bonds. The molecule has 2 rings (SSSR count). The number of ether oxygens (including phenoxy) is 4. The van der Waals surface area contributed by atoms with Crippen LogP contribution in [0.3, 0.4) is 0 Å². The van der Waals surface area contributed by atoms with Crippen LogP contribution in [0, 0.1) is 5.92 Å². The third kappa shape index (κ3) is 3.85. The molecule has 112 valence electrons. The Morgan fingerprint density at radius 3 is 2.75 bits per heavy atom. The summed E-state index contributed by atoms with van der Waals surface area (Å²) in [5, 5.41) is 0. The van der Waals surface area contributed by atoms with Crippen LogP contribution in [0.4, 0.5) is 0 Å². The molecule has 0 radical (unpaired) electrons. The minimum absolute atomic E-state index is 0.169. The summed E-state index contributed by atoms with van der Waals surface area (Å²) < 4.78 is 21.5. The molecule has 1 fully saturated rings. The molecular formula is C15H23NO4. The highest BCUT2D eigenvalue weighted by Crippen LogP contribution is 2.29. The van der Waals surface area contributed by atoms with Gasteiger partial charge >= 0.3 is 0 Å². The Kier molecular flexibility index (Phi) is 5.64. The van der Waals surface area contributed by atoms with Crippen molar-refractivity contribution >= 4 is 0 Å². The predicted molar refractivity (Wildman–Crippen MR) is 76.2 cm³/mol. The molecule has 0 saturated carbocycles. The lowest BCUT2D eigenvalue weighted by Gasteiger charge is -2.16. The van der Waals surface area contributed by atoms with Crippen molar-refractivity contribution in [1.29, 1.82) is 0 Å². The standard InChI is InChI=1S/C15H23NO4/c1-17-14-4-3-12(7-15(14)18-2)13(16)10-20-9-11-5-6-19-8-11/h3-4,7,11,13H,5-6,8-10,16H2,1-2H3. The van der Waals surface area contributed by atoms with Crippen LogP contribution in [0.1, 0.15) is 18.0 Å². The van der Waals surface area contributed by atoms with E-state index in [2.05, 4.69) is 0 Å². The molecule has 1 aliphatic rings. The van der Waals surface area contributed by atoms with E-state index in [9.17, 15) is 0 Å². The first kappa shape index (κ1) is 15.1. The fraction of sp³-hybridized carbons (Fsp3) is 0.600. The van der Waals surface area contributed by atoms with E-state index in [-0.39, 0.29) is 6.04 Å². The molecule has 2 N–H and O–H groups in total. The smallest absolute Gasteiger partial charge is 0.161 e. The number of hydrogen-bond donors (Lipinski definition) is 1.